The van der Waals surface area contributed by atoms with E-state index < -0.39 is 5.97 Å². The van der Waals surface area contributed by atoms with Crippen LogP contribution in [0.2, 0.25) is 0 Å². The highest BCUT2D eigenvalue weighted by atomic mass is 16.4. The van der Waals surface area contributed by atoms with Gasteiger partial charge in [0.05, 0.1) is 5.69 Å². The molecule has 0 unspecified atom stereocenters. The van der Waals surface area contributed by atoms with E-state index in [0.29, 0.717) is 11.4 Å². The Balaban J connectivity index is 2.32. The van der Waals surface area contributed by atoms with Gasteiger partial charge in [-0.15, -0.1) is 0 Å². The molecule has 0 saturated carbocycles. The number of hydrogen-bond acceptors (Lipinski definition) is 3. The Kier molecular flexibility index (Phi) is 3.09. The van der Waals surface area contributed by atoms with Gasteiger partial charge in [0, 0.05) is 18.2 Å². The van der Waals surface area contributed by atoms with Crippen LogP contribution in [0, 0.1) is 0 Å². The Morgan fingerprint density at radius 1 is 1.33 bits per heavy atom. The zero-order valence-corrected chi connectivity index (χ0v) is 9.60. The first-order chi connectivity index (χ1) is 8.56. The van der Waals surface area contributed by atoms with Crippen LogP contribution in [0.5, 0.6) is 0 Å². The van der Waals surface area contributed by atoms with Gasteiger partial charge in [-0.3, -0.25) is 9.89 Å². The van der Waals surface area contributed by atoms with Crippen LogP contribution in [0.4, 0.5) is 5.69 Å². The molecule has 18 heavy (non-hydrogen) atoms. The zero-order chi connectivity index (χ0) is 13.1. The van der Waals surface area contributed by atoms with Crippen LogP contribution >= 0.6 is 0 Å². The molecule has 3 N–H and O–H groups in total. The van der Waals surface area contributed by atoms with Crippen LogP contribution in [0.25, 0.3) is 11.3 Å². The van der Waals surface area contributed by atoms with E-state index in [4.69, 9.17) is 5.11 Å². The van der Waals surface area contributed by atoms with E-state index in [2.05, 4.69) is 15.5 Å². The molecule has 6 heteroatoms. The molecular formula is C12H11N3O3. The molecule has 0 bridgehead atoms. The smallest absolute Gasteiger partial charge is 0.353 e. The van der Waals surface area contributed by atoms with Crippen molar-refractivity contribution in [2.75, 3.05) is 5.32 Å². The molecule has 2 rings (SSSR count). The molecule has 0 aliphatic rings. The average molecular weight is 245 g/mol. The second kappa shape index (κ2) is 4.70. The number of carbonyl (C=O) groups excluding carboxylic acids is 1. The summed E-state index contributed by atoms with van der Waals surface area (Å²) in [6.07, 6.45) is 0. The Morgan fingerprint density at radius 2 is 2.11 bits per heavy atom. The van der Waals surface area contributed by atoms with Gasteiger partial charge in [-0.1, -0.05) is 12.1 Å². The maximum Gasteiger partial charge on any atom is 0.353 e. The quantitative estimate of drug-likeness (QED) is 0.767. The number of amides is 1. The molecule has 0 saturated heterocycles. The van der Waals surface area contributed by atoms with Gasteiger partial charge < -0.3 is 10.4 Å². The number of carboxylic acid groups (broad SMARTS) is 1. The van der Waals surface area contributed by atoms with E-state index in [-0.39, 0.29) is 11.6 Å². The molecule has 1 heterocycles. The van der Waals surface area contributed by atoms with Gasteiger partial charge in [0.15, 0.2) is 0 Å². The minimum atomic E-state index is -1.06. The predicted molar refractivity (Wildman–Crippen MR) is 65.3 cm³/mol. The fourth-order valence-corrected chi connectivity index (χ4v) is 1.54. The van der Waals surface area contributed by atoms with Crippen molar-refractivity contribution < 1.29 is 14.7 Å². The standard InChI is InChI=1S/C12H11N3O3/c1-7(16)13-9-4-2-3-8(5-9)10-6-11(12(17)18)15-14-10/h2-6H,1H3,(H,13,16)(H,14,15)(H,17,18). The Bertz CT molecular complexity index is 604. The molecule has 2 aromatic rings. The molecular weight excluding hydrogens is 234 g/mol. The van der Waals surface area contributed by atoms with Crippen molar-refractivity contribution in [3.05, 3.63) is 36.0 Å². The first kappa shape index (κ1) is 11.8. The Labute approximate surface area is 103 Å². The third kappa shape index (κ3) is 2.54. The lowest BCUT2D eigenvalue weighted by molar-refractivity contribution is -0.114. The summed E-state index contributed by atoms with van der Waals surface area (Å²) in [6, 6.07) is 8.46. The summed E-state index contributed by atoms with van der Waals surface area (Å²) in [6.45, 7) is 1.42. The molecule has 6 nitrogen and oxygen atoms in total. The summed E-state index contributed by atoms with van der Waals surface area (Å²) >= 11 is 0. The van der Waals surface area contributed by atoms with Crippen molar-refractivity contribution >= 4 is 17.6 Å². The molecule has 0 spiro atoms. The van der Waals surface area contributed by atoms with Gasteiger partial charge in [-0.2, -0.15) is 5.10 Å². The molecule has 0 radical (unpaired) electrons. The summed E-state index contributed by atoms with van der Waals surface area (Å²) in [5, 5.41) is 17.8. The number of anilines is 1. The molecule has 0 atom stereocenters. The molecule has 1 aromatic carbocycles. The molecule has 0 aliphatic heterocycles. The van der Waals surface area contributed by atoms with Crippen molar-refractivity contribution in [2.24, 2.45) is 0 Å². The number of nitrogens with zero attached hydrogens (tertiary/aromatic N) is 1. The number of benzene rings is 1. The lowest BCUT2D eigenvalue weighted by Crippen LogP contribution is -2.05. The van der Waals surface area contributed by atoms with Gasteiger partial charge in [-0.05, 0) is 18.2 Å². The SMILES string of the molecule is CC(=O)Nc1cccc(-c2cc(C(=O)O)[nH]n2)c1. The summed E-state index contributed by atoms with van der Waals surface area (Å²) in [5.74, 6) is -1.23. The number of aromatic amines is 1. The maximum atomic E-state index is 10.9. The van der Waals surface area contributed by atoms with Crippen LogP contribution in [-0.2, 0) is 4.79 Å². The summed E-state index contributed by atoms with van der Waals surface area (Å²) in [5.41, 5.74) is 1.90. The molecule has 0 aliphatic carbocycles. The number of nitrogens with one attached hydrogen (secondary N) is 2. The lowest BCUT2D eigenvalue weighted by atomic mass is 10.1. The molecule has 1 aromatic heterocycles. The highest BCUT2D eigenvalue weighted by molar-refractivity contribution is 5.90. The number of aromatic carboxylic acids is 1. The fraction of sp³-hybridized carbons (Fsp3) is 0.0833. The van der Waals surface area contributed by atoms with Crippen LogP contribution < -0.4 is 5.32 Å². The van der Waals surface area contributed by atoms with E-state index in [1.165, 1.54) is 13.0 Å². The summed E-state index contributed by atoms with van der Waals surface area (Å²) < 4.78 is 0. The third-order valence-corrected chi connectivity index (χ3v) is 2.29. The van der Waals surface area contributed by atoms with Crippen LogP contribution in [0.1, 0.15) is 17.4 Å². The Morgan fingerprint density at radius 3 is 2.72 bits per heavy atom. The van der Waals surface area contributed by atoms with E-state index in [1.807, 2.05) is 0 Å². The van der Waals surface area contributed by atoms with E-state index >= 15 is 0 Å². The van der Waals surface area contributed by atoms with Crippen molar-refractivity contribution in [2.45, 2.75) is 6.92 Å². The van der Waals surface area contributed by atoms with Crippen LogP contribution in [0.3, 0.4) is 0 Å². The monoisotopic (exact) mass is 245 g/mol. The second-order valence-corrected chi connectivity index (χ2v) is 3.73. The first-order valence-corrected chi connectivity index (χ1v) is 5.23. The number of rotatable bonds is 3. The van der Waals surface area contributed by atoms with E-state index in [9.17, 15) is 9.59 Å². The number of carbonyl (C=O) groups is 2. The largest absolute Gasteiger partial charge is 0.477 e. The van der Waals surface area contributed by atoms with E-state index in [1.54, 1.807) is 24.3 Å². The van der Waals surface area contributed by atoms with Gasteiger partial charge in [0.25, 0.3) is 0 Å². The fourth-order valence-electron chi connectivity index (χ4n) is 1.54. The number of hydrogen-bond donors (Lipinski definition) is 3. The van der Waals surface area contributed by atoms with Gasteiger partial charge in [0.2, 0.25) is 5.91 Å². The number of carboxylic acids is 1. The maximum absolute atomic E-state index is 10.9. The van der Waals surface area contributed by atoms with Crippen molar-refractivity contribution in [1.29, 1.82) is 0 Å². The predicted octanol–water partition coefficient (Wildman–Crippen LogP) is 1.73. The Hall–Kier alpha value is -2.63. The average Bonchev–Trinajstić information content (AvgIpc) is 2.77. The number of H-pyrrole nitrogens is 1. The molecule has 0 fully saturated rings. The molecule has 92 valence electrons. The topological polar surface area (TPSA) is 95.1 Å². The van der Waals surface area contributed by atoms with Crippen molar-refractivity contribution in [3.63, 3.8) is 0 Å². The van der Waals surface area contributed by atoms with E-state index in [0.717, 1.165) is 5.56 Å². The third-order valence-electron chi connectivity index (χ3n) is 2.29. The minimum Gasteiger partial charge on any atom is -0.477 e. The summed E-state index contributed by atoms with van der Waals surface area (Å²) in [4.78, 5) is 21.7. The summed E-state index contributed by atoms with van der Waals surface area (Å²) in [7, 11) is 0. The lowest BCUT2D eigenvalue weighted by Gasteiger charge is -2.03. The van der Waals surface area contributed by atoms with Crippen LogP contribution in [0.15, 0.2) is 30.3 Å². The minimum absolute atomic E-state index is 0.0231. The molecule has 1 amide bonds. The number of aromatic nitrogens is 2. The highest BCUT2D eigenvalue weighted by Gasteiger charge is 2.09. The zero-order valence-electron chi connectivity index (χ0n) is 9.60. The second-order valence-electron chi connectivity index (χ2n) is 3.73. The van der Waals surface area contributed by atoms with Crippen molar-refractivity contribution in [3.8, 4) is 11.3 Å². The highest BCUT2D eigenvalue weighted by Crippen LogP contribution is 2.21. The van der Waals surface area contributed by atoms with Crippen LogP contribution in [-0.4, -0.2) is 27.2 Å². The normalized spacial score (nSPS) is 10.1. The van der Waals surface area contributed by atoms with Crippen molar-refractivity contribution in [1.82, 2.24) is 10.2 Å². The van der Waals surface area contributed by atoms with Gasteiger partial charge >= 0.3 is 5.97 Å². The van der Waals surface area contributed by atoms with Gasteiger partial charge in [0.1, 0.15) is 5.69 Å². The first-order valence-electron chi connectivity index (χ1n) is 5.23. The van der Waals surface area contributed by atoms with Gasteiger partial charge in [-0.25, -0.2) is 4.79 Å².